The molecule has 9 nitrogen and oxygen atoms in total. The van der Waals surface area contributed by atoms with Gasteiger partial charge in [0.2, 0.25) is 0 Å². The molecule has 2 rings (SSSR count). The summed E-state index contributed by atoms with van der Waals surface area (Å²) in [4.78, 5) is 44.8. The summed E-state index contributed by atoms with van der Waals surface area (Å²) in [7, 11) is 0. The summed E-state index contributed by atoms with van der Waals surface area (Å²) >= 11 is 3.12. The first-order chi connectivity index (χ1) is 13.3. The van der Waals surface area contributed by atoms with Crippen LogP contribution in [0.5, 0.6) is 5.75 Å². The smallest absolute Gasteiger partial charge is 0.344 e. The average molecular weight is 451 g/mol. The number of hydrogen-bond acceptors (Lipinski definition) is 7. The van der Waals surface area contributed by atoms with Gasteiger partial charge in [-0.05, 0) is 53.2 Å². The number of hydrogen-bond donors (Lipinski definition) is 1. The van der Waals surface area contributed by atoms with Crippen LogP contribution < -0.4 is 10.1 Å². The predicted molar refractivity (Wildman–Crippen MR) is 102 cm³/mol. The largest absolute Gasteiger partial charge is 0.482 e. The highest BCUT2D eigenvalue weighted by molar-refractivity contribution is 9.10. The molecule has 0 aromatic heterocycles. The summed E-state index contributed by atoms with van der Waals surface area (Å²) in [5, 5.41) is 13.2. The molecule has 0 atom stereocenters. The predicted octanol–water partition coefficient (Wildman–Crippen LogP) is 3.12. The number of esters is 1. The van der Waals surface area contributed by atoms with Gasteiger partial charge in [-0.1, -0.05) is 0 Å². The number of nitro groups is 1. The number of amides is 1. The van der Waals surface area contributed by atoms with Crippen LogP contribution in [-0.2, 0) is 14.3 Å². The van der Waals surface area contributed by atoms with E-state index in [4.69, 9.17) is 9.47 Å². The fourth-order valence-corrected chi connectivity index (χ4v) is 2.49. The highest BCUT2D eigenvalue weighted by atomic mass is 79.9. The SMILES string of the molecule is CC(=O)c1ccc(OCC(=O)OCC(=O)Nc2ccc([N+](=O)[O-])cc2Br)cc1. The van der Waals surface area contributed by atoms with E-state index in [0.29, 0.717) is 21.5 Å². The van der Waals surface area contributed by atoms with Gasteiger partial charge < -0.3 is 14.8 Å². The maximum atomic E-state index is 11.8. The van der Waals surface area contributed by atoms with Crippen LogP contribution in [0.4, 0.5) is 11.4 Å². The lowest BCUT2D eigenvalue weighted by Crippen LogP contribution is -2.23. The number of nitro benzene ring substituents is 1. The lowest BCUT2D eigenvalue weighted by atomic mass is 10.1. The fourth-order valence-electron chi connectivity index (χ4n) is 2.02. The first kappa shape index (κ1) is 21.0. The van der Waals surface area contributed by atoms with E-state index in [1.165, 1.54) is 25.1 Å². The van der Waals surface area contributed by atoms with E-state index in [1.807, 2.05) is 0 Å². The maximum Gasteiger partial charge on any atom is 0.344 e. The normalized spacial score (nSPS) is 10.1. The minimum absolute atomic E-state index is 0.0865. The van der Waals surface area contributed by atoms with Crippen molar-refractivity contribution < 1.29 is 28.8 Å². The second-order valence-electron chi connectivity index (χ2n) is 5.50. The topological polar surface area (TPSA) is 125 Å². The van der Waals surface area contributed by atoms with E-state index in [9.17, 15) is 24.5 Å². The van der Waals surface area contributed by atoms with Crippen molar-refractivity contribution >= 4 is 45.0 Å². The lowest BCUT2D eigenvalue weighted by Gasteiger charge is -2.09. The third kappa shape index (κ3) is 6.16. The number of halogens is 1. The number of Topliss-reactive ketones (excluding diaryl/α,β-unsaturated/α-hetero) is 1. The Morgan fingerprint density at radius 1 is 1.11 bits per heavy atom. The summed E-state index contributed by atoms with van der Waals surface area (Å²) in [6, 6.07) is 10.1. The quantitative estimate of drug-likeness (QED) is 0.283. The summed E-state index contributed by atoms with van der Waals surface area (Å²) < 4.78 is 10.3. The van der Waals surface area contributed by atoms with E-state index in [0.717, 1.165) is 0 Å². The molecule has 2 aromatic carbocycles. The zero-order valence-electron chi connectivity index (χ0n) is 14.6. The number of non-ortho nitro benzene ring substituents is 1. The number of ketones is 1. The second kappa shape index (κ2) is 9.60. The van der Waals surface area contributed by atoms with E-state index < -0.39 is 30.0 Å². The standard InChI is InChI=1S/C18H15BrN2O7/c1-11(22)12-2-5-14(6-3-12)27-10-18(24)28-9-17(23)20-16-7-4-13(21(25)26)8-15(16)19/h2-8H,9-10H2,1H3,(H,20,23). The van der Waals surface area contributed by atoms with Gasteiger partial charge in [0, 0.05) is 22.2 Å². The van der Waals surface area contributed by atoms with Gasteiger partial charge in [-0.3, -0.25) is 19.7 Å². The van der Waals surface area contributed by atoms with Gasteiger partial charge in [0.05, 0.1) is 10.6 Å². The van der Waals surface area contributed by atoms with Crippen molar-refractivity contribution in [2.24, 2.45) is 0 Å². The molecule has 0 radical (unpaired) electrons. The highest BCUT2D eigenvalue weighted by Gasteiger charge is 2.13. The van der Waals surface area contributed by atoms with E-state index in [2.05, 4.69) is 21.2 Å². The molecule has 0 aliphatic heterocycles. The Balaban J connectivity index is 1.78. The van der Waals surface area contributed by atoms with Crippen molar-refractivity contribution in [1.29, 1.82) is 0 Å². The van der Waals surface area contributed by atoms with Gasteiger partial charge in [-0.2, -0.15) is 0 Å². The summed E-state index contributed by atoms with van der Waals surface area (Å²) in [6.07, 6.45) is 0. The molecule has 0 unspecified atom stereocenters. The number of benzene rings is 2. The molecule has 10 heteroatoms. The highest BCUT2D eigenvalue weighted by Crippen LogP contribution is 2.27. The van der Waals surface area contributed by atoms with Gasteiger partial charge in [0.15, 0.2) is 19.0 Å². The van der Waals surface area contributed by atoms with Crippen LogP contribution in [0.1, 0.15) is 17.3 Å². The third-order valence-electron chi connectivity index (χ3n) is 3.42. The minimum atomic E-state index is -0.756. The van der Waals surface area contributed by atoms with Crippen LogP contribution in [-0.4, -0.2) is 35.8 Å². The molecule has 146 valence electrons. The molecule has 2 aromatic rings. The van der Waals surface area contributed by atoms with Crippen molar-refractivity contribution in [1.82, 2.24) is 0 Å². The molecule has 1 N–H and O–H groups in total. The third-order valence-corrected chi connectivity index (χ3v) is 4.08. The zero-order valence-corrected chi connectivity index (χ0v) is 16.2. The molecule has 28 heavy (non-hydrogen) atoms. The molecule has 0 saturated heterocycles. The van der Waals surface area contributed by atoms with Gasteiger partial charge in [-0.25, -0.2) is 4.79 Å². The van der Waals surface area contributed by atoms with Crippen molar-refractivity contribution in [2.75, 3.05) is 18.5 Å². The first-order valence-electron chi connectivity index (χ1n) is 7.89. The van der Waals surface area contributed by atoms with Gasteiger partial charge in [-0.15, -0.1) is 0 Å². The maximum absolute atomic E-state index is 11.8. The summed E-state index contributed by atoms with van der Waals surface area (Å²) in [5.74, 6) is -1.08. The second-order valence-corrected chi connectivity index (χ2v) is 6.35. The van der Waals surface area contributed by atoms with E-state index in [1.54, 1.807) is 24.3 Å². The van der Waals surface area contributed by atoms with Gasteiger partial charge in [0.25, 0.3) is 11.6 Å². The summed E-state index contributed by atoms with van der Waals surface area (Å²) in [6.45, 7) is 0.482. The monoisotopic (exact) mass is 450 g/mol. The molecular weight excluding hydrogens is 436 g/mol. The van der Waals surface area contributed by atoms with Crippen molar-refractivity contribution in [3.63, 3.8) is 0 Å². The van der Waals surface area contributed by atoms with Crippen LogP contribution in [0.2, 0.25) is 0 Å². The zero-order chi connectivity index (χ0) is 20.7. The molecule has 0 spiro atoms. The van der Waals surface area contributed by atoms with Crippen molar-refractivity contribution in [3.05, 3.63) is 62.6 Å². The number of nitrogens with zero attached hydrogens (tertiary/aromatic N) is 1. The van der Waals surface area contributed by atoms with Crippen LogP contribution >= 0.6 is 15.9 Å². The molecular formula is C18H15BrN2O7. The number of rotatable bonds is 8. The molecule has 0 aliphatic carbocycles. The van der Waals surface area contributed by atoms with Crippen LogP contribution in [0, 0.1) is 10.1 Å². The number of anilines is 1. The van der Waals surface area contributed by atoms with Gasteiger partial charge >= 0.3 is 5.97 Å². The average Bonchev–Trinajstić information content (AvgIpc) is 2.66. The molecule has 0 fully saturated rings. The minimum Gasteiger partial charge on any atom is -0.482 e. The fraction of sp³-hybridized carbons (Fsp3) is 0.167. The van der Waals surface area contributed by atoms with Crippen LogP contribution in [0.3, 0.4) is 0 Å². The van der Waals surface area contributed by atoms with Crippen molar-refractivity contribution in [3.8, 4) is 5.75 Å². The Hall–Kier alpha value is -3.27. The first-order valence-corrected chi connectivity index (χ1v) is 8.69. The molecule has 0 aliphatic rings. The molecule has 0 bridgehead atoms. The molecule has 1 amide bonds. The Morgan fingerprint density at radius 2 is 1.79 bits per heavy atom. The molecule has 0 saturated carbocycles. The Morgan fingerprint density at radius 3 is 2.36 bits per heavy atom. The Kier molecular flexibility index (Phi) is 7.21. The van der Waals surface area contributed by atoms with Crippen LogP contribution in [0.25, 0.3) is 0 Å². The number of carbonyl (C=O) groups is 3. The van der Waals surface area contributed by atoms with Gasteiger partial charge in [0.1, 0.15) is 5.75 Å². The number of nitrogens with one attached hydrogen (secondary N) is 1. The van der Waals surface area contributed by atoms with Crippen LogP contribution in [0.15, 0.2) is 46.9 Å². The Bertz CT molecular complexity index is 913. The molecule has 0 heterocycles. The number of ether oxygens (including phenoxy) is 2. The van der Waals surface area contributed by atoms with E-state index in [-0.39, 0.29) is 11.5 Å². The van der Waals surface area contributed by atoms with Crippen molar-refractivity contribution in [2.45, 2.75) is 6.92 Å². The Labute approximate surface area is 167 Å². The summed E-state index contributed by atoms with van der Waals surface area (Å²) in [5.41, 5.74) is 0.683. The number of carbonyl (C=O) groups excluding carboxylic acids is 3. The van der Waals surface area contributed by atoms with E-state index >= 15 is 0 Å². The lowest BCUT2D eigenvalue weighted by molar-refractivity contribution is -0.384.